The number of carbonyl (C=O) groups is 1. The monoisotopic (exact) mass is 337 g/mol. The Balaban J connectivity index is 1.56. The lowest BCUT2D eigenvalue weighted by atomic mass is 9.98. The van der Waals surface area contributed by atoms with Crippen LogP contribution in [0.1, 0.15) is 47.2 Å². The van der Waals surface area contributed by atoms with Crippen LogP contribution in [0.3, 0.4) is 0 Å². The second-order valence-corrected chi connectivity index (χ2v) is 7.49. The van der Waals surface area contributed by atoms with Crippen molar-refractivity contribution in [1.82, 2.24) is 25.5 Å². The van der Waals surface area contributed by atoms with E-state index < -0.39 is 0 Å². The van der Waals surface area contributed by atoms with Gasteiger partial charge in [-0.25, -0.2) is 9.97 Å². The van der Waals surface area contributed by atoms with Crippen molar-refractivity contribution in [2.45, 2.75) is 50.7 Å². The van der Waals surface area contributed by atoms with Gasteiger partial charge in [0.05, 0.1) is 22.5 Å². The third-order valence-corrected chi connectivity index (χ3v) is 5.47. The zero-order chi connectivity index (χ0) is 15.5. The van der Waals surface area contributed by atoms with E-state index in [1.54, 1.807) is 11.3 Å². The molecule has 0 aromatic carbocycles. The summed E-state index contributed by atoms with van der Waals surface area (Å²) in [5.74, 6) is 1.19. The molecule has 1 aliphatic rings. The summed E-state index contributed by atoms with van der Waals surface area (Å²) in [6.45, 7) is 4.03. The zero-order valence-electron chi connectivity index (χ0n) is 12.7. The van der Waals surface area contributed by atoms with Gasteiger partial charge in [-0.3, -0.25) is 9.89 Å². The second-order valence-electron chi connectivity index (χ2n) is 5.26. The predicted octanol–water partition coefficient (Wildman–Crippen LogP) is 2.42. The minimum Gasteiger partial charge on any atom is -0.347 e. The van der Waals surface area contributed by atoms with Crippen molar-refractivity contribution < 1.29 is 4.79 Å². The van der Waals surface area contributed by atoms with E-state index in [1.165, 1.54) is 16.6 Å². The molecule has 0 bridgehead atoms. The van der Waals surface area contributed by atoms with Crippen molar-refractivity contribution in [2.75, 3.05) is 5.75 Å². The molecule has 118 valence electrons. The molecule has 2 aromatic rings. The van der Waals surface area contributed by atoms with Crippen LogP contribution in [0.15, 0.2) is 5.16 Å². The number of amides is 1. The molecule has 2 N–H and O–H groups in total. The van der Waals surface area contributed by atoms with Crippen LogP contribution in [0.5, 0.6) is 0 Å². The van der Waals surface area contributed by atoms with E-state index in [0.717, 1.165) is 42.2 Å². The molecular formula is C14H19N5OS2. The lowest BCUT2D eigenvalue weighted by Crippen LogP contribution is -2.32. The van der Waals surface area contributed by atoms with Gasteiger partial charge in [-0.2, -0.15) is 0 Å². The Bertz CT molecular complexity index is 666. The summed E-state index contributed by atoms with van der Waals surface area (Å²) in [6, 6.07) is 0.0557. The van der Waals surface area contributed by atoms with Crippen LogP contribution in [-0.4, -0.2) is 31.8 Å². The molecule has 2 aromatic heterocycles. The highest BCUT2D eigenvalue weighted by Gasteiger charge is 2.25. The fraction of sp³-hybridized carbons (Fsp3) is 0.571. The molecule has 8 heteroatoms. The number of nitrogens with zero attached hydrogens (tertiary/aromatic N) is 3. The molecule has 3 rings (SSSR count). The Morgan fingerprint density at radius 3 is 3.14 bits per heavy atom. The first-order valence-electron chi connectivity index (χ1n) is 7.45. The van der Waals surface area contributed by atoms with Gasteiger partial charge in [0.1, 0.15) is 5.82 Å². The van der Waals surface area contributed by atoms with E-state index in [1.807, 2.05) is 13.8 Å². The molecule has 6 nitrogen and oxygen atoms in total. The van der Waals surface area contributed by atoms with Gasteiger partial charge in [-0.05, 0) is 26.2 Å². The first-order chi connectivity index (χ1) is 10.7. The van der Waals surface area contributed by atoms with Crippen molar-refractivity contribution >= 4 is 29.0 Å². The highest BCUT2D eigenvalue weighted by Crippen LogP contribution is 2.33. The summed E-state index contributed by atoms with van der Waals surface area (Å²) in [4.78, 5) is 22.4. The summed E-state index contributed by atoms with van der Waals surface area (Å²) in [5.41, 5.74) is 1.07. The highest BCUT2D eigenvalue weighted by molar-refractivity contribution is 7.99. The maximum Gasteiger partial charge on any atom is 0.231 e. The van der Waals surface area contributed by atoms with Gasteiger partial charge in [0.25, 0.3) is 0 Å². The smallest absolute Gasteiger partial charge is 0.231 e. The molecule has 22 heavy (non-hydrogen) atoms. The van der Waals surface area contributed by atoms with Crippen molar-refractivity contribution in [3.63, 3.8) is 0 Å². The van der Waals surface area contributed by atoms with Gasteiger partial charge < -0.3 is 5.32 Å². The summed E-state index contributed by atoms with van der Waals surface area (Å²) in [7, 11) is 0. The van der Waals surface area contributed by atoms with Crippen LogP contribution < -0.4 is 5.32 Å². The number of hydrogen-bond donors (Lipinski definition) is 2. The normalized spacial score (nSPS) is 17.3. The van der Waals surface area contributed by atoms with Crippen LogP contribution in [0.25, 0.3) is 0 Å². The van der Waals surface area contributed by atoms with E-state index in [9.17, 15) is 4.79 Å². The van der Waals surface area contributed by atoms with Gasteiger partial charge in [0, 0.05) is 11.3 Å². The topological polar surface area (TPSA) is 83.6 Å². The maximum atomic E-state index is 12.2. The molecule has 0 radical (unpaired) electrons. The number of thioether (sulfide) groups is 1. The van der Waals surface area contributed by atoms with Crippen molar-refractivity contribution in [2.24, 2.45) is 0 Å². The number of nitrogens with one attached hydrogen (secondary N) is 2. The Kier molecular flexibility index (Phi) is 4.77. The fourth-order valence-electron chi connectivity index (χ4n) is 2.55. The highest BCUT2D eigenvalue weighted by atomic mass is 32.2. The van der Waals surface area contributed by atoms with Crippen LogP contribution in [0.4, 0.5) is 0 Å². The lowest BCUT2D eigenvalue weighted by Gasteiger charge is -2.22. The molecule has 1 amide bonds. The predicted molar refractivity (Wildman–Crippen MR) is 87.2 cm³/mol. The number of rotatable bonds is 5. The second kappa shape index (κ2) is 6.78. The molecule has 0 aliphatic heterocycles. The molecule has 1 atom stereocenters. The molecule has 0 fully saturated rings. The number of thiazole rings is 1. The van der Waals surface area contributed by atoms with Crippen LogP contribution >= 0.6 is 23.1 Å². The summed E-state index contributed by atoms with van der Waals surface area (Å²) >= 11 is 3.10. The summed E-state index contributed by atoms with van der Waals surface area (Å²) in [6.07, 6.45) is 3.97. The van der Waals surface area contributed by atoms with E-state index in [4.69, 9.17) is 0 Å². The Labute approximate surface area is 137 Å². The number of aryl methyl sites for hydroxylation is 3. The third kappa shape index (κ3) is 3.49. The van der Waals surface area contributed by atoms with E-state index >= 15 is 0 Å². The number of H-pyrrole nitrogens is 1. The van der Waals surface area contributed by atoms with Crippen molar-refractivity contribution in [3.8, 4) is 0 Å². The number of carbonyl (C=O) groups excluding carboxylic acids is 1. The minimum atomic E-state index is 0.0105. The van der Waals surface area contributed by atoms with E-state index in [0.29, 0.717) is 10.9 Å². The molecule has 1 aliphatic carbocycles. The first-order valence-corrected chi connectivity index (χ1v) is 9.25. The molecule has 0 spiro atoms. The average molecular weight is 337 g/mol. The zero-order valence-corrected chi connectivity index (χ0v) is 14.3. The number of aromatic amines is 1. The Morgan fingerprint density at radius 1 is 1.50 bits per heavy atom. The van der Waals surface area contributed by atoms with E-state index in [2.05, 4.69) is 25.5 Å². The largest absolute Gasteiger partial charge is 0.347 e. The number of fused-ring (bicyclic) bond motifs is 1. The van der Waals surface area contributed by atoms with Gasteiger partial charge in [0.2, 0.25) is 11.1 Å². The summed E-state index contributed by atoms with van der Waals surface area (Å²) in [5, 5.41) is 11.7. The van der Waals surface area contributed by atoms with Crippen LogP contribution in [0, 0.1) is 6.92 Å². The standard InChI is InChI=1S/C14H19N5OS2/c1-3-11-17-14(19-18-11)21-7-12(20)16-9-5-4-6-10-13(9)15-8(2)22-10/h9H,3-7H2,1-2H3,(H,16,20)(H,17,18,19). The molecule has 2 heterocycles. The third-order valence-electron chi connectivity index (χ3n) is 3.57. The fourth-order valence-corrected chi connectivity index (χ4v) is 4.22. The van der Waals surface area contributed by atoms with Gasteiger partial charge >= 0.3 is 0 Å². The Morgan fingerprint density at radius 2 is 2.36 bits per heavy atom. The lowest BCUT2D eigenvalue weighted by molar-refractivity contribution is -0.119. The molecule has 0 saturated heterocycles. The molecule has 0 saturated carbocycles. The maximum absolute atomic E-state index is 12.2. The number of hydrogen-bond acceptors (Lipinski definition) is 6. The minimum absolute atomic E-state index is 0.0105. The average Bonchev–Trinajstić information content (AvgIpc) is 3.11. The van der Waals surface area contributed by atoms with Crippen molar-refractivity contribution in [3.05, 3.63) is 21.4 Å². The van der Waals surface area contributed by atoms with E-state index in [-0.39, 0.29) is 11.9 Å². The van der Waals surface area contributed by atoms with Crippen LogP contribution in [-0.2, 0) is 17.6 Å². The van der Waals surface area contributed by atoms with Gasteiger partial charge in [0.15, 0.2) is 0 Å². The first kappa shape index (κ1) is 15.5. The molecular weight excluding hydrogens is 318 g/mol. The summed E-state index contributed by atoms with van der Waals surface area (Å²) < 4.78 is 0. The quantitative estimate of drug-likeness (QED) is 0.819. The Hall–Kier alpha value is -1.41. The van der Waals surface area contributed by atoms with Gasteiger partial charge in [-0.1, -0.05) is 18.7 Å². The SMILES string of the molecule is CCc1nc(SCC(=O)NC2CCCc3sc(C)nc32)n[nH]1. The molecule has 1 unspecified atom stereocenters. The van der Waals surface area contributed by atoms with Crippen molar-refractivity contribution in [1.29, 1.82) is 0 Å². The number of aromatic nitrogens is 4. The van der Waals surface area contributed by atoms with Gasteiger partial charge in [-0.15, -0.1) is 16.4 Å². The van der Waals surface area contributed by atoms with Crippen LogP contribution in [0.2, 0.25) is 0 Å².